The Morgan fingerprint density at radius 1 is 1.23 bits per heavy atom. The smallest absolute Gasteiger partial charge is 0.332 e. The minimum Gasteiger partial charge on any atom is -0.481 e. The van der Waals surface area contributed by atoms with E-state index in [-0.39, 0.29) is 18.5 Å². The SMILES string of the molecule is CCc1c(C)ccc(-c2ccnc(OC)c2)c1NC(=O)NS(=O)(=O)CCOC(C)C. The fraction of sp³-hybridized carbons (Fsp3) is 0.429. The first-order chi connectivity index (χ1) is 14.2. The van der Waals surface area contributed by atoms with Gasteiger partial charge in [-0.15, -0.1) is 0 Å². The number of hydrogen-bond donors (Lipinski definition) is 2. The van der Waals surface area contributed by atoms with Crippen LogP contribution in [0.25, 0.3) is 11.1 Å². The molecule has 2 N–H and O–H groups in total. The zero-order valence-electron chi connectivity index (χ0n) is 18.0. The Morgan fingerprint density at radius 3 is 2.60 bits per heavy atom. The molecule has 30 heavy (non-hydrogen) atoms. The van der Waals surface area contributed by atoms with Crippen molar-refractivity contribution in [3.05, 3.63) is 41.6 Å². The molecule has 1 heterocycles. The summed E-state index contributed by atoms with van der Waals surface area (Å²) in [4.78, 5) is 16.6. The Balaban J connectivity index is 2.31. The fourth-order valence-corrected chi connectivity index (χ4v) is 3.76. The number of amides is 2. The summed E-state index contributed by atoms with van der Waals surface area (Å²) >= 11 is 0. The van der Waals surface area contributed by atoms with Crippen molar-refractivity contribution in [1.29, 1.82) is 0 Å². The number of hydrogen-bond acceptors (Lipinski definition) is 6. The highest BCUT2D eigenvalue weighted by atomic mass is 32.2. The minimum atomic E-state index is -3.83. The molecular weight excluding hydrogens is 406 g/mol. The highest BCUT2D eigenvalue weighted by Gasteiger charge is 2.19. The van der Waals surface area contributed by atoms with E-state index in [2.05, 4.69) is 15.0 Å². The van der Waals surface area contributed by atoms with E-state index in [4.69, 9.17) is 9.47 Å². The van der Waals surface area contributed by atoms with Gasteiger partial charge in [-0.2, -0.15) is 0 Å². The normalized spacial score (nSPS) is 11.4. The maximum absolute atomic E-state index is 12.5. The number of urea groups is 1. The molecule has 0 radical (unpaired) electrons. The van der Waals surface area contributed by atoms with Gasteiger partial charge in [-0.25, -0.2) is 22.9 Å². The van der Waals surface area contributed by atoms with Crippen LogP contribution in [0.3, 0.4) is 0 Å². The van der Waals surface area contributed by atoms with Crippen LogP contribution in [0, 0.1) is 6.92 Å². The van der Waals surface area contributed by atoms with Crippen LogP contribution in [0.15, 0.2) is 30.5 Å². The lowest BCUT2D eigenvalue weighted by molar-refractivity contribution is 0.0912. The van der Waals surface area contributed by atoms with Crippen molar-refractivity contribution in [2.45, 2.75) is 40.2 Å². The van der Waals surface area contributed by atoms with E-state index in [0.29, 0.717) is 18.0 Å². The summed E-state index contributed by atoms with van der Waals surface area (Å²) in [5, 5.41) is 2.73. The summed E-state index contributed by atoms with van der Waals surface area (Å²) in [5.74, 6) is 0.135. The van der Waals surface area contributed by atoms with Crippen LogP contribution in [0.1, 0.15) is 31.9 Å². The largest absolute Gasteiger partial charge is 0.481 e. The maximum atomic E-state index is 12.5. The number of nitrogens with one attached hydrogen (secondary N) is 2. The molecule has 2 amide bonds. The van der Waals surface area contributed by atoms with E-state index in [1.54, 1.807) is 18.3 Å². The van der Waals surface area contributed by atoms with E-state index in [1.807, 2.05) is 39.8 Å². The number of sulfonamides is 1. The van der Waals surface area contributed by atoms with Gasteiger partial charge in [0.2, 0.25) is 15.9 Å². The number of ether oxygens (including phenoxy) is 2. The zero-order chi connectivity index (χ0) is 22.3. The molecule has 0 aliphatic heterocycles. The first-order valence-corrected chi connectivity index (χ1v) is 11.4. The predicted molar refractivity (Wildman–Crippen MR) is 117 cm³/mol. The van der Waals surface area contributed by atoms with Crippen molar-refractivity contribution in [2.75, 3.05) is 24.8 Å². The van der Waals surface area contributed by atoms with Gasteiger partial charge in [-0.05, 0) is 49.9 Å². The minimum absolute atomic E-state index is 0.00694. The van der Waals surface area contributed by atoms with Crippen LogP contribution in [0.4, 0.5) is 10.5 Å². The molecule has 0 aliphatic carbocycles. The van der Waals surface area contributed by atoms with Crippen LogP contribution in [0.2, 0.25) is 0 Å². The Hall–Kier alpha value is -2.65. The number of pyridine rings is 1. The Labute approximate surface area is 178 Å². The van der Waals surface area contributed by atoms with Crippen LogP contribution in [0.5, 0.6) is 5.88 Å². The van der Waals surface area contributed by atoms with Gasteiger partial charge < -0.3 is 14.8 Å². The van der Waals surface area contributed by atoms with Gasteiger partial charge >= 0.3 is 6.03 Å². The lowest BCUT2D eigenvalue weighted by Crippen LogP contribution is -2.37. The van der Waals surface area contributed by atoms with Crippen molar-refractivity contribution in [2.24, 2.45) is 0 Å². The second kappa shape index (κ2) is 10.4. The summed E-state index contributed by atoms with van der Waals surface area (Å²) in [6.07, 6.45) is 2.18. The van der Waals surface area contributed by atoms with Crippen LogP contribution in [-0.4, -0.2) is 45.0 Å². The maximum Gasteiger partial charge on any atom is 0.332 e. The molecule has 2 aromatic rings. The number of aryl methyl sites for hydroxylation is 1. The number of carbonyl (C=O) groups is 1. The quantitative estimate of drug-likeness (QED) is 0.624. The second-order valence-corrected chi connectivity index (χ2v) is 8.86. The van der Waals surface area contributed by atoms with Crippen LogP contribution in [-0.2, 0) is 21.2 Å². The Kier molecular flexibility index (Phi) is 8.19. The summed E-state index contributed by atoms with van der Waals surface area (Å²) in [7, 11) is -2.30. The Morgan fingerprint density at radius 2 is 1.97 bits per heavy atom. The first-order valence-electron chi connectivity index (χ1n) is 9.72. The molecule has 1 aromatic carbocycles. The highest BCUT2D eigenvalue weighted by Crippen LogP contribution is 2.34. The number of nitrogens with zero attached hydrogens (tertiary/aromatic N) is 1. The molecule has 0 fully saturated rings. The van der Waals surface area contributed by atoms with Gasteiger partial charge in [0.1, 0.15) is 0 Å². The molecule has 1 aromatic heterocycles. The lowest BCUT2D eigenvalue weighted by Gasteiger charge is -2.18. The molecule has 164 valence electrons. The summed E-state index contributed by atoms with van der Waals surface area (Å²) < 4.78 is 36.9. The molecule has 2 rings (SSSR count). The van der Waals surface area contributed by atoms with Gasteiger partial charge in [-0.3, -0.25) is 0 Å². The van der Waals surface area contributed by atoms with Gasteiger partial charge in [0.05, 0.1) is 31.3 Å². The lowest BCUT2D eigenvalue weighted by atomic mass is 9.95. The van der Waals surface area contributed by atoms with Crippen molar-refractivity contribution in [1.82, 2.24) is 9.71 Å². The molecule has 0 atom stereocenters. The fourth-order valence-electron chi connectivity index (χ4n) is 3.00. The molecule has 8 nitrogen and oxygen atoms in total. The van der Waals surface area contributed by atoms with Crippen LogP contribution >= 0.6 is 0 Å². The van der Waals surface area contributed by atoms with Crippen molar-refractivity contribution in [3.63, 3.8) is 0 Å². The summed E-state index contributed by atoms with van der Waals surface area (Å²) in [6.45, 7) is 7.55. The highest BCUT2D eigenvalue weighted by molar-refractivity contribution is 7.90. The van der Waals surface area contributed by atoms with E-state index >= 15 is 0 Å². The average Bonchev–Trinajstić information content (AvgIpc) is 2.67. The van der Waals surface area contributed by atoms with Gasteiger partial charge in [0, 0.05) is 17.8 Å². The number of rotatable bonds is 9. The predicted octanol–water partition coefficient (Wildman–Crippen LogP) is 3.50. The molecule has 0 saturated heterocycles. The zero-order valence-corrected chi connectivity index (χ0v) is 18.8. The standard InChI is InChI=1S/C21H29N3O5S/c1-6-17-15(4)7-8-18(16-9-10-22-19(13-16)28-5)20(17)23-21(25)24-30(26,27)12-11-29-14(2)3/h7-10,13-14H,6,11-12H2,1-5H3,(H2,23,24,25). The van der Waals surface area contributed by atoms with E-state index in [9.17, 15) is 13.2 Å². The number of carbonyl (C=O) groups excluding carboxylic acids is 1. The third-order valence-electron chi connectivity index (χ3n) is 4.45. The molecule has 0 unspecified atom stereocenters. The summed E-state index contributed by atoms with van der Waals surface area (Å²) in [5.41, 5.74) is 4.00. The molecule has 0 bridgehead atoms. The number of benzene rings is 1. The average molecular weight is 436 g/mol. The molecule has 0 spiro atoms. The molecule has 0 saturated carbocycles. The third-order valence-corrected chi connectivity index (χ3v) is 5.65. The Bertz CT molecular complexity index is 990. The number of methoxy groups -OCH3 is 1. The monoisotopic (exact) mass is 435 g/mol. The van der Waals surface area contributed by atoms with E-state index in [1.165, 1.54) is 7.11 Å². The van der Waals surface area contributed by atoms with Crippen molar-refractivity contribution < 1.29 is 22.7 Å². The third kappa shape index (κ3) is 6.43. The number of anilines is 1. The van der Waals surface area contributed by atoms with Crippen LogP contribution < -0.4 is 14.8 Å². The number of aromatic nitrogens is 1. The van der Waals surface area contributed by atoms with Gasteiger partial charge in [0.15, 0.2) is 0 Å². The van der Waals surface area contributed by atoms with Gasteiger partial charge in [-0.1, -0.05) is 19.1 Å². The van der Waals surface area contributed by atoms with Crippen molar-refractivity contribution >= 4 is 21.7 Å². The van der Waals surface area contributed by atoms with E-state index in [0.717, 1.165) is 22.3 Å². The van der Waals surface area contributed by atoms with Gasteiger partial charge in [0.25, 0.3) is 0 Å². The van der Waals surface area contributed by atoms with E-state index < -0.39 is 16.1 Å². The molecule has 0 aliphatic rings. The topological polar surface area (TPSA) is 107 Å². The molecule has 9 heteroatoms. The summed E-state index contributed by atoms with van der Waals surface area (Å²) in [6, 6.07) is 6.58. The molecular formula is C21H29N3O5S. The second-order valence-electron chi connectivity index (χ2n) is 7.02. The van der Waals surface area contributed by atoms with Crippen molar-refractivity contribution in [3.8, 4) is 17.0 Å². The first kappa shape index (κ1) is 23.6.